The summed E-state index contributed by atoms with van der Waals surface area (Å²) in [6, 6.07) is 16.1. The van der Waals surface area contributed by atoms with Gasteiger partial charge in [-0.15, -0.1) is 0 Å². The van der Waals surface area contributed by atoms with Crippen molar-refractivity contribution in [3.05, 3.63) is 70.9 Å². The molecule has 1 heterocycles. The lowest BCUT2D eigenvalue weighted by Gasteiger charge is -2.05. The fraction of sp³-hybridized carbons (Fsp3) is 0.211. The maximum Gasteiger partial charge on any atom is 0.337 e. The van der Waals surface area contributed by atoms with Gasteiger partial charge in [0.2, 0.25) is 0 Å². The molecule has 0 bridgehead atoms. The minimum absolute atomic E-state index is 0.298. The Morgan fingerprint density at radius 2 is 1.77 bits per heavy atom. The molecule has 0 saturated heterocycles. The zero-order valence-electron chi connectivity index (χ0n) is 13.1. The van der Waals surface area contributed by atoms with Crippen molar-refractivity contribution in [1.82, 2.24) is 4.57 Å². The maximum absolute atomic E-state index is 11.5. The summed E-state index contributed by atoms with van der Waals surface area (Å²) < 4.78 is 6.96. The quantitative estimate of drug-likeness (QED) is 0.687. The summed E-state index contributed by atoms with van der Waals surface area (Å²) in [7, 11) is 3.50. The van der Waals surface area contributed by atoms with Gasteiger partial charge in [0, 0.05) is 23.6 Å². The highest BCUT2D eigenvalue weighted by Gasteiger charge is 2.12. The number of benzene rings is 2. The summed E-state index contributed by atoms with van der Waals surface area (Å²) in [4.78, 5) is 11.5. The molecule has 1 aromatic heterocycles. The van der Waals surface area contributed by atoms with Crippen LogP contribution in [0.2, 0.25) is 0 Å². The number of esters is 1. The molecule has 0 amide bonds. The molecule has 3 rings (SSSR count). The predicted molar refractivity (Wildman–Crippen MR) is 88.2 cm³/mol. The van der Waals surface area contributed by atoms with E-state index in [1.54, 1.807) is 0 Å². The number of para-hydroxylation sites is 1. The van der Waals surface area contributed by atoms with Gasteiger partial charge in [0.05, 0.1) is 12.7 Å². The molecule has 0 fully saturated rings. The van der Waals surface area contributed by atoms with Crippen LogP contribution in [0.25, 0.3) is 10.9 Å². The second-order valence-electron chi connectivity index (χ2n) is 5.51. The molecule has 0 atom stereocenters. The first-order chi connectivity index (χ1) is 10.6. The number of aromatic nitrogens is 1. The summed E-state index contributed by atoms with van der Waals surface area (Å²) in [6.45, 7) is 2.15. The van der Waals surface area contributed by atoms with Crippen LogP contribution >= 0.6 is 0 Å². The van der Waals surface area contributed by atoms with Crippen molar-refractivity contribution >= 4 is 16.9 Å². The lowest BCUT2D eigenvalue weighted by atomic mass is 10.0. The molecule has 0 aliphatic heterocycles. The SMILES string of the molecule is COC(=O)c1ccc(Cc2c(C)n(C)c3ccccc23)cc1. The van der Waals surface area contributed by atoms with Gasteiger partial charge in [-0.3, -0.25) is 0 Å². The van der Waals surface area contributed by atoms with Gasteiger partial charge in [-0.05, 0) is 42.7 Å². The van der Waals surface area contributed by atoms with Crippen molar-refractivity contribution in [2.45, 2.75) is 13.3 Å². The van der Waals surface area contributed by atoms with Crippen molar-refractivity contribution < 1.29 is 9.53 Å². The van der Waals surface area contributed by atoms with Gasteiger partial charge in [0.1, 0.15) is 0 Å². The Hall–Kier alpha value is -2.55. The minimum atomic E-state index is -0.298. The predicted octanol–water partition coefficient (Wildman–Crippen LogP) is 3.86. The number of carbonyl (C=O) groups excluding carboxylic acids is 1. The van der Waals surface area contributed by atoms with Crippen LogP contribution in [0.3, 0.4) is 0 Å². The van der Waals surface area contributed by atoms with Crippen molar-refractivity contribution in [2.24, 2.45) is 7.05 Å². The van der Waals surface area contributed by atoms with Crippen molar-refractivity contribution in [1.29, 1.82) is 0 Å². The van der Waals surface area contributed by atoms with E-state index in [0.29, 0.717) is 5.56 Å². The second-order valence-corrected chi connectivity index (χ2v) is 5.51. The molecule has 112 valence electrons. The van der Waals surface area contributed by atoms with E-state index in [0.717, 1.165) is 6.42 Å². The fourth-order valence-corrected chi connectivity index (χ4v) is 2.90. The summed E-state index contributed by atoms with van der Waals surface area (Å²) >= 11 is 0. The monoisotopic (exact) mass is 293 g/mol. The van der Waals surface area contributed by atoms with Gasteiger partial charge in [0.25, 0.3) is 0 Å². The number of methoxy groups -OCH3 is 1. The number of carbonyl (C=O) groups is 1. The van der Waals surface area contributed by atoms with E-state index in [4.69, 9.17) is 4.74 Å². The maximum atomic E-state index is 11.5. The average Bonchev–Trinajstić information content (AvgIpc) is 2.80. The van der Waals surface area contributed by atoms with Crippen molar-refractivity contribution in [2.75, 3.05) is 7.11 Å². The molecule has 3 aromatic rings. The highest BCUT2D eigenvalue weighted by Crippen LogP contribution is 2.27. The summed E-state index contributed by atoms with van der Waals surface area (Å²) in [5.74, 6) is -0.298. The molecular weight excluding hydrogens is 274 g/mol. The number of aryl methyl sites for hydroxylation is 1. The van der Waals surface area contributed by atoms with E-state index in [1.807, 2.05) is 24.3 Å². The van der Waals surface area contributed by atoms with Gasteiger partial charge < -0.3 is 9.30 Å². The zero-order valence-corrected chi connectivity index (χ0v) is 13.1. The first-order valence-electron chi connectivity index (χ1n) is 7.32. The van der Waals surface area contributed by atoms with E-state index < -0.39 is 0 Å². The topological polar surface area (TPSA) is 31.2 Å². The van der Waals surface area contributed by atoms with Crippen LogP contribution in [-0.2, 0) is 18.2 Å². The Bertz CT molecular complexity index is 829. The van der Waals surface area contributed by atoms with E-state index in [1.165, 1.54) is 34.8 Å². The minimum Gasteiger partial charge on any atom is -0.465 e. The number of nitrogens with zero attached hydrogens (tertiary/aromatic N) is 1. The molecule has 0 N–H and O–H groups in total. The molecule has 0 saturated carbocycles. The van der Waals surface area contributed by atoms with Gasteiger partial charge in [-0.25, -0.2) is 4.79 Å². The van der Waals surface area contributed by atoms with E-state index in [2.05, 4.69) is 42.8 Å². The highest BCUT2D eigenvalue weighted by atomic mass is 16.5. The Morgan fingerprint density at radius 1 is 1.09 bits per heavy atom. The molecule has 3 heteroatoms. The Morgan fingerprint density at radius 3 is 2.45 bits per heavy atom. The fourth-order valence-electron chi connectivity index (χ4n) is 2.90. The molecule has 2 aromatic carbocycles. The van der Waals surface area contributed by atoms with Crippen LogP contribution in [0.15, 0.2) is 48.5 Å². The van der Waals surface area contributed by atoms with Crippen LogP contribution in [0.5, 0.6) is 0 Å². The smallest absolute Gasteiger partial charge is 0.337 e. The molecule has 0 aliphatic rings. The number of ether oxygens (including phenoxy) is 1. The lowest BCUT2D eigenvalue weighted by molar-refractivity contribution is 0.0600. The first-order valence-corrected chi connectivity index (χ1v) is 7.32. The molecule has 0 radical (unpaired) electrons. The van der Waals surface area contributed by atoms with Crippen LogP contribution in [-0.4, -0.2) is 17.6 Å². The summed E-state index contributed by atoms with van der Waals surface area (Å²) in [5.41, 5.74) is 5.64. The first kappa shape index (κ1) is 14.4. The number of rotatable bonds is 3. The molecular formula is C19H19NO2. The summed E-state index contributed by atoms with van der Waals surface area (Å²) in [6.07, 6.45) is 0.856. The van der Waals surface area contributed by atoms with Crippen LogP contribution in [0, 0.1) is 6.92 Å². The van der Waals surface area contributed by atoms with Gasteiger partial charge >= 0.3 is 5.97 Å². The number of hydrogen-bond acceptors (Lipinski definition) is 2. The number of hydrogen-bond donors (Lipinski definition) is 0. The third kappa shape index (κ3) is 2.39. The van der Waals surface area contributed by atoms with Crippen molar-refractivity contribution in [3.63, 3.8) is 0 Å². The Labute approximate surface area is 130 Å². The molecule has 0 spiro atoms. The normalized spacial score (nSPS) is 10.9. The van der Waals surface area contributed by atoms with Gasteiger partial charge in [0.15, 0.2) is 0 Å². The molecule has 22 heavy (non-hydrogen) atoms. The molecule has 3 nitrogen and oxygen atoms in total. The van der Waals surface area contributed by atoms with E-state index in [-0.39, 0.29) is 5.97 Å². The third-order valence-corrected chi connectivity index (χ3v) is 4.29. The lowest BCUT2D eigenvalue weighted by Crippen LogP contribution is -2.01. The Balaban J connectivity index is 1.97. The zero-order chi connectivity index (χ0) is 15.7. The third-order valence-electron chi connectivity index (χ3n) is 4.29. The molecule has 0 unspecified atom stereocenters. The van der Waals surface area contributed by atoms with Crippen LogP contribution in [0.1, 0.15) is 27.2 Å². The average molecular weight is 293 g/mol. The second kappa shape index (κ2) is 5.68. The van der Waals surface area contributed by atoms with Crippen LogP contribution < -0.4 is 0 Å². The number of fused-ring (bicyclic) bond motifs is 1. The van der Waals surface area contributed by atoms with Crippen LogP contribution in [0.4, 0.5) is 0 Å². The largest absolute Gasteiger partial charge is 0.465 e. The van der Waals surface area contributed by atoms with Crippen molar-refractivity contribution in [3.8, 4) is 0 Å². The standard InChI is InChI=1S/C19H19NO2/c1-13-17(16-6-4-5-7-18(16)20(13)2)12-14-8-10-15(11-9-14)19(21)22-3/h4-11H,12H2,1-3H3. The van der Waals surface area contributed by atoms with E-state index >= 15 is 0 Å². The molecule has 0 aliphatic carbocycles. The van der Waals surface area contributed by atoms with Gasteiger partial charge in [-0.2, -0.15) is 0 Å². The van der Waals surface area contributed by atoms with E-state index in [9.17, 15) is 4.79 Å². The Kier molecular flexibility index (Phi) is 3.72. The summed E-state index contributed by atoms with van der Waals surface area (Å²) in [5, 5.41) is 1.29. The van der Waals surface area contributed by atoms with Gasteiger partial charge in [-0.1, -0.05) is 30.3 Å². The highest BCUT2D eigenvalue weighted by molar-refractivity contribution is 5.89.